The largest absolute Gasteiger partial charge is 0.343 e. The Bertz CT molecular complexity index is 406. The molecule has 0 unspecified atom stereocenters. The molecule has 2 heterocycles. The molecule has 0 bridgehead atoms. The van der Waals surface area contributed by atoms with Gasteiger partial charge in [0.05, 0.1) is 5.02 Å². The van der Waals surface area contributed by atoms with Crippen LogP contribution in [0.2, 0.25) is 5.02 Å². The van der Waals surface area contributed by atoms with E-state index in [2.05, 4.69) is 16.9 Å². The molecule has 0 fully saturated rings. The van der Waals surface area contributed by atoms with E-state index in [0.717, 1.165) is 22.5 Å². The first-order valence-corrected chi connectivity index (χ1v) is 4.31. The normalized spacial score (nSPS) is 10.8. The van der Waals surface area contributed by atoms with E-state index in [1.165, 1.54) is 5.69 Å². The lowest BCUT2D eigenvalue weighted by atomic mass is 10.3. The van der Waals surface area contributed by atoms with Gasteiger partial charge < -0.3 is 4.98 Å². The molecule has 0 saturated heterocycles. The first-order valence-electron chi connectivity index (χ1n) is 3.93. The predicted molar refractivity (Wildman–Crippen MR) is 50.5 cm³/mol. The van der Waals surface area contributed by atoms with Gasteiger partial charge in [0.25, 0.3) is 0 Å². The summed E-state index contributed by atoms with van der Waals surface area (Å²) in [6, 6.07) is 3.85. The van der Waals surface area contributed by atoms with Crippen LogP contribution in [0, 0.1) is 0 Å². The van der Waals surface area contributed by atoms with Gasteiger partial charge in [-0.3, -0.25) is 0 Å². The first-order chi connectivity index (χ1) is 5.81. The lowest BCUT2D eigenvalue weighted by molar-refractivity contribution is 1.07. The van der Waals surface area contributed by atoms with Crippen LogP contribution < -0.4 is 0 Å². The zero-order chi connectivity index (χ0) is 8.55. The van der Waals surface area contributed by atoms with Gasteiger partial charge in [0.2, 0.25) is 0 Å². The monoisotopic (exact) mass is 180 g/mol. The van der Waals surface area contributed by atoms with Gasteiger partial charge in [-0.15, -0.1) is 0 Å². The maximum atomic E-state index is 5.97. The van der Waals surface area contributed by atoms with Crippen LogP contribution in [0.25, 0.3) is 11.0 Å². The number of aryl methyl sites for hydroxylation is 1. The summed E-state index contributed by atoms with van der Waals surface area (Å²) in [6.07, 6.45) is 2.69. The van der Waals surface area contributed by atoms with Crippen molar-refractivity contribution in [1.29, 1.82) is 0 Å². The molecule has 0 amide bonds. The first kappa shape index (κ1) is 7.62. The van der Waals surface area contributed by atoms with E-state index < -0.39 is 0 Å². The zero-order valence-corrected chi connectivity index (χ0v) is 7.52. The Morgan fingerprint density at radius 1 is 1.58 bits per heavy atom. The summed E-state index contributed by atoms with van der Waals surface area (Å²) in [5.41, 5.74) is 2.05. The van der Waals surface area contributed by atoms with Crippen LogP contribution >= 0.6 is 11.6 Å². The molecule has 1 N–H and O–H groups in total. The Morgan fingerprint density at radius 2 is 2.42 bits per heavy atom. The van der Waals surface area contributed by atoms with Crippen molar-refractivity contribution < 1.29 is 0 Å². The number of fused-ring (bicyclic) bond motifs is 1. The topological polar surface area (TPSA) is 28.7 Å². The number of aromatic amines is 1. The average molecular weight is 181 g/mol. The lowest BCUT2D eigenvalue weighted by Gasteiger charge is -1.89. The summed E-state index contributed by atoms with van der Waals surface area (Å²) >= 11 is 5.97. The number of H-pyrrole nitrogens is 1. The maximum Gasteiger partial charge on any atom is 0.138 e. The number of nitrogens with zero attached hydrogens (tertiary/aromatic N) is 1. The van der Waals surface area contributed by atoms with Crippen molar-refractivity contribution in [3.63, 3.8) is 0 Å². The molecule has 3 heteroatoms. The molecule has 0 aliphatic rings. The van der Waals surface area contributed by atoms with Crippen molar-refractivity contribution in [3.8, 4) is 0 Å². The second-order valence-corrected chi connectivity index (χ2v) is 3.11. The minimum atomic E-state index is 0.760. The van der Waals surface area contributed by atoms with Crippen molar-refractivity contribution >= 4 is 22.6 Å². The molecule has 0 saturated carbocycles. The Kier molecular flexibility index (Phi) is 1.77. The number of nitrogens with one attached hydrogen (secondary N) is 1. The maximum absolute atomic E-state index is 5.97. The number of hydrogen-bond acceptors (Lipinski definition) is 1. The van der Waals surface area contributed by atoms with Crippen LogP contribution in [0.3, 0.4) is 0 Å². The van der Waals surface area contributed by atoms with Crippen molar-refractivity contribution in [1.82, 2.24) is 9.97 Å². The predicted octanol–water partition coefficient (Wildman–Crippen LogP) is 2.78. The quantitative estimate of drug-likeness (QED) is 0.719. The summed E-state index contributed by atoms with van der Waals surface area (Å²) in [5.74, 6) is 0. The van der Waals surface area contributed by atoms with Gasteiger partial charge in [-0.2, -0.15) is 0 Å². The molecule has 2 rings (SSSR count). The van der Waals surface area contributed by atoms with E-state index in [4.69, 9.17) is 11.6 Å². The third kappa shape index (κ3) is 1.08. The minimum absolute atomic E-state index is 0.760. The molecule has 2 nitrogen and oxygen atoms in total. The molecule has 0 aliphatic carbocycles. The standard InChI is InChI=1S/C9H9ClN2/c1-2-6-5-7-8(10)3-4-11-9(7)12-6/h3-5H,2H2,1H3,(H,11,12). The molecule has 0 aliphatic heterocycles. The van der Waals surface area contributed by atoms with E-state index in [-0.39, 0.29) is 0 Å². The Hall–Kier alpha value is -1.02. The third-order valence-electron chi connectivity index (χ3n) is 1.92. The van der Waals surface area contributed by atoms with Gasteiger partial charge >= 0.3 is 0 Å². The van der Waals surface area contributed by atoms with Gasteiger partial charge in [0.1, 0.15) is 5.65 Å². The van der Waals surface area contributed by atoms with E-state index in [1.54, 1.807) is 12.3 Å². The average Bonchev–Trinajstić information content (AvgIpc) is 2.49. The van der Waals surface area contributed by atoms with Gasteiger partial charge in [-0.25, -0.2) is 4.98 Å². The third-order valence-corrected chi connectivity index (χ3v) is 2.24. The lowest BCUT2D eigenvalue weighted by Crippen LogP contribution is -1.77. The van der Waals surface area contributed by atoms with Crippen LogP contribution in [0.4, 0.5) is 0 Å². The molecule has 0 radical (unpaired) electrons. The highest BCUT2D eigenvalue weighted by atomic mass is 35.5. The van der Waals surface area contributed by atoms with Crippen molar-refractivity contribution in [2.45, 2.75) is 13.3 Å². The van der Waals surface area contributed by atoms with Crippen molar-refractivity contribution in [2.24, 2.45) is 0 Å². The fraction of sp³-hybridized carbons (Fsp3) is 0.222. The molecule has 12 heavy (non-hydrogen) atoms. The smallest absolute Gasteiger partial charge is 0.138 e. The van der Waals surface area contributed by atoms with Crippen LogP contribution in [0.1, 0.15) is 12.6 Å². The number of halogens is 1. The van der Waals surface area contributed by atoms with Crippen LogP contribution in [-0.4, -0.2) is 9.97 Å². The zero-order valence-electron chi connectivity index (χ0n) is 6.76. The summed E-state index contributed by atoms with van der Waals surface area (Å²) < 4.78 is 0. The van der Waals surface area contributed by atoms with E-state index in [1.807, 2.05) is 6.07 Å². The van der Waals surface area contributed by atoms with E-state index >= 15 is 0 Å². The van der Waals surface area contributed by atoms with Gasteiger partial charge in [0.15, 0.2) is 0 Å². The van der Waals surface area contributed by atoms with Crippen LogP contribution in [0.15, 0.2) is 18.3 Å². The second kappa shape index (κ2) is 2.79. The fourth-order valence-electron chi connectivity index (χ4n) is 1.24. The van der Waals surface area contributed by atoms with E-state index in [9.17, 15) is 0 Å². The molecule has 0 spiro atoms. The molecular weight excluding hydrogens is 172 g/mol. The Morgan fingerprint density at radius 3 is 3.08 bits per heavy atom. The van der Waals surface area contributed by atoms with Gasteiger partial charge in [0, 0.05) is 17.3 Å². The van der Waals surface area contributed by atoms with Crippen LogP contribution in [-0.2, 0) is 6.42 Å². The highest BCUT2D eigenvalue weighted by molar-refractivity contribution is 6.35. The number of rotatable bonds is 1. The van der Waals surface area contributed by atoms with Crippen molar-refractivity contribution in [2.75, 3.05) is 0 Å². The molecule has 0 aromatic carbocycles. The second-order valence-electron chi connectivity index (χ2n) is 2.70. The molecule has 62 valence electrons. The summed E-state index contributed by atoms with van der Waals surface area (Å²) in [7, 11) is 0. The van der Waals surface area contributed by atoms with Gasteiger partial charge in [-0.1, -0.05) is 18.5 Å². The molecule has 2 aromatic heterocycles. The molecular formula is C9H9ClN2. The summed E-state index contributed by atoms with van der Waals surface area (Å²) in [5, 5.41) is 1.77. The SMILES string of the molecule is CCc1cc2c(Cl)ccnc2[nH]1. The summed E-state index contributed by atoms with van der Waals surface area (Å²) in [6.45, 7) is 2.10. The van der Waals surface area contributed by atoms with Crippen LogP contribution in [0.5, 0.6) is 0 Å². The number of hydrogen-bond donors (Lipinski definition) is 1. The highest BCUT2D eigenvalue weighted by Crippen LogP contribution is 2.21. The Balaban J connectivity index is 2.74. The minimum Gasteiger partial charge on any atom is -0.343 e. The fourth-order valence-corrected chi connectivity index (χ4v) is 1.44. The van der Waals surface area contributed by atoms with E-state index in [0.29, 0.717) is 0 Å². The summed E-state index contributed by atoms with van der Waals surface area (Å²) in [4.78, 5) is 7.36. The number of aromatic nitrogens is 2. The Labute approximate surface area is 75.6 Å². The molecule has 2 aromatic rings. The van der Waals surface area contributed by atoms with Crippen molar-refractivity contribution in [3.05, 3.63) is 29.0 Å². The van der Waals surface area contributed by atoms with Gasteiger partial charge in [-0.05, 0) is 18.6 Å². The number of pyridine rings is 1. The molecule has 0 atom stereocenters. The highest BCUT2D eigenvalue weighted by Gasteiger charge is 2.02.